The van der Waals surface area contributed by atoms with E-state index in [1.165, 1.54) is 12.3 Å². The lowest BCUT2D eigenvalue weighted by Gasteiger charge is -2.09. The molecule has 0 bridgehead atoms. The van der Waals surface area contributed by atoms with Crippen molar-refractivity contribution in [3.63, 3.8) is 0 Å². The molecule has 0 unspecified atom stereocenters. The Morgan fingerprint density at radius 2 is 2.14 bits per heavy atom. The highest BCUT2D eigenvalue weighted by molar-refractivity contribution is 6.31. The zero-order chi connectivity index (χ0) is 15.4. The van der Waals surface area contributed by atoms with E-state index in [-0.39, 0.29) is 23.7 Å². The quantitative estimate of drug-likeness (QED) is 0.874. The number of aryl methyl sites for hydroxylation is 1. The first-order chi connectivity index (χ1) is 10.0. The highest BCUT2D eigenvalue weighted by Gasteiger charge is 2.13. The van der Waals surface area contributed by atoms with Gasteiger partial charge in [-0.3, -0.25) is 0 Å². The number of anilines is 1. The van der Waals surface area contributed by atoms with Gasteiger partial charge in [0.2, 0.25) is 5.88 Å². The van der Waals surface area contributed by atoms with Gasteiger partial charge >= 0.3 is 5.97 Å². The number of hydrogen-bond donors (Lipinski definition) is 1. The van der Waals surface area contributed by atoms with Crippen molar-refractivity contribution in [2.75, 3.05) is 12.3 Å². The summed E-state index contributed by atoms with van der Waals surface area (Å²) >= 11 is 5.96. The number of nitrogens with zero attached hydrogens (tertiary/aromatic N) is 1. The van der Waals surface area contributed by atoms with Gasteiger partial charge in [-0.15, -0.1) is 0 Å². The van der Waals surface area contributed by atoms with E-state index < -0.39 is 5.97 Å². The maximum absolute atomic E-state index is 11.8. The molecule has 21 heavy (non-hydrogen) atoms. The molecule has 2 rings (SSSR count). The van der Waals surface area contributed by atoms with E-state index in [0.29, 0.717) is 10.8 Å². The number of rotatable bonds is 4. The molecule has 0 spiro atoms. The van der Waals surface area contributed by atoms with Crippen LogP contribution >= 0.6 is 11.6 Å². The highest BCUT2D eigenvalue weighted by atomic mass is 35.5. The third kappa shape index (κ3) is 3.64. The van der Waals surface area contributed by atoms with Crippen LogP contribution in [-0.2, 0) is 4.74 Å². The van der Waals surface area contributed by atoms with Crippen molar-refractivity contribution in [1.82, 2.24) is 4.98 Å². The Balaban J connectivity index is 2.26. The van der Waals surface area contributed by atoms with Crippen LogP contribution < -0.4 is 10.5 Å². The summed E-state index contributed by atoms with van der Waals surface area (Å²) in [5.74, 6) is 0.326. The third-order valence-corrected chi connectivity index (χ3v) is 3.18. The fourth-order valence-corrected chi connectivity index (χ4v) is 1.81. The third-order valence-electron chi connectivity index (χ3n) is 2.76. The van der Waals surface area contributed by atoms with Crippen LogP contribution in [0.3, 0.4) is 0 Å². The van der Waals surface area contributed by atoms with Crippen LogP contribution in [0, 0.1) is 6.92 Å². The molecule has 0 aliphatic rings. The summed E-state index contributed by atoms with van der Waals surface area (Å²) in [4.78, 5) is 15.8. The van der Waals surface area contributed by atoms with Crippen molar-refractivity contribution in [1.29, 1.82) is 0 Å². The first kappa shape index (κ1) is 15.1. The molecule has 0 aliphatic carbocycles. The molecule has 1 heterocycles. The lowest BCUT2D eigenvalue weighted by atomic mass is 10.2. The second-order valence-corrected chi connectivity index (χ2v) is 4.75. The van der Waals surface area contributed by atoms with E-state index in [0.717, 1.165) is 5.56 Å². The monoisotopic (exact) mass is 306 g/mol. The van der Waals surface area contributed by atoms with Crippen LogP contribution in [0.5, 0.6) is 11.6 Å². The second-order valence-electron chi connectivity index (χ2n) is 4.34. The maximum Gasteiger partial charge on any atom is 0.340 e. The predicted molar refractivity (Wildman–Crippen MR) is 80.9 cm³/mol. The molecule has 0 radical (unpaired) electrons. The number of hydrogen-bond acceptors (Lipinski definition) is 5. The van der Waals surface area contributed by atoms with Gasteiger partial charge in [0, 0.05) is 11.1 Å². The SMILES string of the molecule is CCOC(=O)c1cc(Oc2ccc(Cl)c(C)c2)ncc1N. The second kappa shape index (κ2) is 6.45. The van der Waals surface area contributed by atoms with Gasteiger partial charge in [-0.1, -0.05) is 11.6 Å². The molecule has 0 amide bonds. The molecule has 2 aromatic rings. The smallest absolute Gasteiger partial charge is 0.340 e. The molecular formula is C15H15ClN2O3. The Morgan fingerprint density at radius 3 is 2.81 bits per heavy atom. The van der Waals surface area contributed by atoms with Crippen LogP contribution in [0.2, 0.25) is 5.02 Å². The molecule has 5 nitrogen and oxygen atoms in total. The number of aromatic nitrogens is 1. The topological polar surface area (TPSA) is 74.4 Å². The maximum atomic E-state index is 11.8. The van der Waals surface area contributed by atoms with E-state index in [2.05, 4.69) is 4.98 Å². The molecule has 0 atom stereocenters. The lowest BCUT2D eigenvalue weighted by Crippen LogP contribution is -2.08. The molecule has 110 valence electrons. The van der Waals surface area contributed by atoms with E-state index in [1.54, 1.807) is 25.1 Å². The number of ether oxygens (including phenoxy) is 2. The molecule has 2 N–H and O–H groups in total. The van der Waals surface area contributed by atoms with Crippen LogP contribution in [0.4, 0.5) is 5.69 Å². The average molecular weight is 307 g/mol. The molecule has 1 aromatic heterocycles. The van der Waals surface area contributed by atoms with Gasteiger partial charge in [-0.25, -0.2) is 9.78 Å². The normalized spacial score (nSPS) is 10.2. The minimum Gasteiger partial charge on any atom is -0.462 e. The van der Waals surface area contributed by atoms with Crippen molar-refractivity contribution >= 4 is 23.3 Å². The van der Waals surface area contributed by atoms with Crippen LogP contribution in [0.15, 0.2) is 30.5 Å². The van der Waals surface area contributed by atoms with Crippen LogP contribution in [0.1, 0.15) is 22.8 Å². The van der Waals surface area contributed by atoms with Crippen LogP contribution in [-0.4, -0.2) is 17.6 Å². The van der Waals surface area contributed by atoms with Crippen molar-refractivity contribution in [2.45, 2.75) is 13.8 Å². The molecular weight excluding hydrogens is 292 g/mol. The van der Waals surface area contributed by atoms with Gasteiger partial charge in [-0.05, 0) is 37.6 Å². The number of carbonyl (C=O) groups is 1. The summed E-state index contributed by atoms with van der Waals surface area (Å²) in [6, 6.07) is 6.69. The first-order valence-electron chi connectivity index (χ1n) is 6.38. The van der Waals surface area contributed by atoms with Gasteiger partial charge in [0.25, 0.3) is 0 Å². The number of carbonyl (C=O) groups excluding carboxylic acids is 1. The summed E-state index contributed by atoms with van der Waals surface area (Å²) in [6.45, 7) is 3.87. The lowest BCUT2D eigenvalue weighted by molar-refractivity contribution is 0.0527. The Hall–Kier alpha value is -2.27. The summed E-state index contributed by atoms with van der Waals surface area (Å²) in [5, 5.41) is 0.653. The first-order valence-corrected chi connectivity index (χ1v) is 6.75. The Labute approximate surface area is 127 Å². The van der Waals surface area contributed by atoms with Gasteiger partial charge in [0.05, 0.1) is 24.1 Å². The van der Waals surface area contributed by atoms with Gasteiger partial charge in [0.15, 0.2) is 0 Å². The minimum absolute atomic E-state index is 0.229. The minimum atomic E-state index is -0.505. The fraction of sp³-hybridized carbons (Fsp3) is 0.200. The van der Waals surface area contributed by atoms with Gasteiger partial charge in [0.1, 0.15) is 5.75 Å². The van der Waals surface area contributed by atoms with E-state index in [1.807, 2.05) is 6.92 Å². The number of benzene rings is 1. The predicted octanol–water partition coefficient (Wildman–Crippen LogP) is 3.59. The van der Waals surface area contributed by atoms with E-state index in [4.69, 9.17) is 26.8 Å². The Bertz CT molecular complexity index is 674. The summed E-state index contributed by atoms with van der Waals surface area (Å²) in [7, 11) is 0. The van der Waals surface area contributed by atoms with Gasteiger partial charge in [-0.2, -0.15) is 0 Å². The largest absolute Gasteiger partial charge is 0.462 e. The van der Waals surface area contributed by atoms with Gasteiger partial charge < -0.3 is 15.2 Å². The van der Waals surface area contributed by atoms with E-state index in [9.17, 15) is 4.79 Å². The van der Waals surface area contributed by atoms with Crippen LogP contribution in [0.25, 0.3) is 0 Å². The summed E-state index contributed by atoms with van der Waals surface area (Å²) in [5.41, 5.74) is 7.08. The van der Waals surface area contributed by atoms with Crippen molar-refractivity contribution in [3.8, 4) is 11.6 Å². The average Bonchev–Trinajstić information content (AvgIpc) is 2.45. The van der Waals surface area contributed by atoms with Crippen molar-refractivity contribution in [2.24, 2.45) is 0 Å². The highest BCUT2D eigenvalue weighted by Crippen LogP contribution is 2.26. The zero-order valence-electron chi connectivity index (χ0n) is 11.7. The Kier molecular flexibility index (Phi) is 4.65. The number of halogens is 1. The standard InChI is InChI=1S/C15H15ClN2O3/c1-3-20-15(19)11-7-14(18-8-13(11)17)21-10-4-5-12(16)9(2)6-10/h4-8H,3,17H2,1-2H3. The number of esters is 1. The molecule has 0 saturated carbocycles. The molecule has 6 heteroatoms. The molecule has 0 aliphatic heterocycles. The van der Waals surface area contributed by atoms with E-state index >= 15 is 0 Å². The fourth-order valence-electron chi connectivity index (χ4n) is 1.69. The Morgan fingerprint density at radius 1 is 1.38 bits per heavy atom. The molecule has 0 saturated heterocycles. The van der Waals surface area contributed by atoms with Crippen molar-refractivity contribution < 1.29 is 14.3 Å². The van der Waals surface area contributed by atoms with Crippen molar-refractivity contribution in [3.05, 3.63) is 46.6 Å². The number of nitrogen functional groups attached to an aromatic ring is 1. The number of pyridine rings is 1. The number of nitrogens with two attached hydrogens (primary N) is 1. The zero-order valence-corrected chi connectivity index (χ0v) is 12.5. The molecule has 1 aromatic carbocycles. The summed E-state index contributed by atoms with van der Waals surface area (Å²) < 4.78 is 10.5. The molecule has 0 fully saturated rings. The summed E-state index contributed by atoms with van der Waals surface area (Å²) in [6.07, 6.45) is 1.37.